The summed E-state index contributed by atoms with van der Waals surface area (Å²) < 4.78 is 0. The predicted molar refractivity (Wildman–Crippen MR) is 135 cm³/mol. The first-order chi connectivity index (χ1) is 16.2. The number of aromatic nitrogens is 3. The number of carbonyl (C=O) groups excluding carboxylic acids is 1. The number of carbonyl (C=O) groups is 1. The molecule has 1 N–H and O–H groups in total. The van der Waals surface area contributed by atoms with Crippen LogP contribution in [0.4, 0.5) is 5.13 Å². The Labute approximate surface area is 199 Å². The molecule has 0 aliphatic carbocycles. The fourth-order valence-corrected chi connectivity index (χ4v) is 4.29. The summed E-state index contributed by atoms with van der Waals surface area (Å²) in [4.78, 5) is 17.4. The second-order valence-electron chi connectivity index (χ2n) is 7.23. The standard InChI is InChI=1S/C26H17ClN4OS/c27-19-11-8-17(9-12-19)10-13-24-30-31-26(33-24)29-25(32)22-14-15-28-16-23(22)21-7-3-5-18-4-1-2-6-20(18)21/h1-16H,(H,29,31,32)/b13-10+. The van der Waals surface area contributed by atoms with E-state index in [0.29, 0.717) is 20.7 Å². The van der Waals surface area contributed by atoms with E-state index >= 15 is 0 Å². The highest BCUT2D eigenvalue weighted by molar-refractivity contribution is 7.16. The van der Waals surface area contributed by atoms with Gasteiger partial charge in [-0.1, -0.05) is 83.6 Å². The third-order valence-corrected chi connectivity index (χ3v) is 6.15. The monoisotopic (exact) mass is 468 g/mol. The van der Waals surface area contributed by atoms with Gasteiger partial charge in [0, 0.05) is 23.0 Å². The maximum absolute atomic E-state index is 13.1. The van der Waals surface area contributed by atoms with E-state index in [1.807, 2.05) is 66.7 Å². The fraction of sp³-hybridized carbons (Fsp3) is 0. The van der Waals surface area contributed by atoms with Crippen LogP contribution >= 0.6 is 22.9 Å². The van der Waals surface area contributed by atoms with Crippen molar-refractivity contribution in [3.8, 4) is 11.1 Å². The third kappa shape index (κ3) is 4.67. The third-order valence-electron chi connectivity index (χ3n) is 5.09. The number of amides is 1. The Hall–Kier alpha value is -3.87. The van der Waals surface area contributed by atoms with Crippen molar-refractivity contribution in [2.45, 2.75) is 0 Å². The van der Waals surface area contributed by atoms with Gasteiger partial charge in [-0.3, -0.25) is 15.1 Å². The fourth-order valence-electron chi connectivity index (χ4n) is 3.53. The van der Waals surface area contributed by atoms with Crippen LogP contribution in [0.15, 0.2) is 85.2 Å². The van der Waals surface area contributed by atoms with Crippen molar-refractivity contribution in [1.82, 2.24) is 15.2 Å². The molecule has 7 heteroatoms. The number of nitrogens with zero attached hydrogens (tertiary/aromatic N) is 3. The van der Waals surface area contributed by atoms with Gasteiger partial charge in [-0.2, -0.15) is 0 Å². The lowest BCUT2D eigenvalue weighted by atomic mass is 9.96. The molecule has 1 amide bonds. The summed E-state index contributed by atoms with van der Waals surface area (Å²) in [7, 11) is 0. The largest absolute Gasteiger partial charge is 0.296 e. The first-order valence-corrected chi connectivity index (χ1v) is 11.4. The van der Waals surface area contributed by atoms with Crippen molar-refractivity contribution in [2.75, 3.05) is 5.32 Å². The summed E-state index contributed by atoms with van der Waals surface area (Å²) in [5.41, 5.74) is 3.24. The van der Waals surface area contributed by atoms with Gasteiger partial charge in [0.2, 0.25) is 5.13 Å². The maximum Gasteiger partial charge on any atom is 0.258 e. The Kier molecular flexibility index (Phi) is 5.93. The van der Waals surface area contributed by atoms with E-state index in [1.54, 1.807) is 18.5 Å². The zero-order valence-corrected chi connectivity index (χ0v) is 18.8. The molecule has 0 saturated heterocycles. The minimum Gasteiger partial charge on any atom is -0.296 e. The van der Waals surface area contributed by atoms with Crippen molar-refractivity contribution >= 4 is 56.9 Å². The minimum atomic E-state index is -0.260. The average Bonchev–Trinajstić information content (AvgIpc) is 3.30. The Morgan fingerprint density at radius 3 is 2.58 bits per heavy atom. The molecule has 0 aliphatic heterocycles. The zero-order valence-electron chi connectivity index (χ0n) is 17.3. The molecule has 0 radical (unpaired) electrons. The SMILES string of the molecule is O=C(Nc1nnc(/C=C/c2ccc(Cl)cc2)s1)c1ccncc1-c1cccc2ccccc12. The lowest BCUT2D eigenvalue weighted by Gasteiger charge is -2.11. The number of halogens is 1. The van der Waals surface area contributed by atoms with Gasteiger partial charge in [-0.15, -0.1) is 10.2 Å². The Balaban J connectivity index is 1.39. The van der Waals surface area contributed by atoms with E-state index < -0.39 is 0 Å². The number of anilines is 1. The molecule has 0 atom stereocenters. The smallest absolute Gasteiger partial charge is 0.258 e. The molecule has 5 aromatic rings. The molecule has 2 heterocycles. The van der Waals surface area contributed by atoms with Gasteiger partial charge in [-0.05, 0) is 46.2 Å². The number of hydrogen-bond donors (Lipinski definition) is 1. The number of hydrogen-bond acceptors (Lipinski definition) is 5. The lowest BCUT2D eigenvalue weighted by Crippen LogP contribution is -2.13. The van der Waals surface area contributed by atoms with Gasteiger partial charge in [0.05, 0.1) is 5.56 Å². The molecule has 2 aromatic heterocycles. The lowest BCUT2D eigenvalue weighted by molar-refractivity contribution is 0.102. The normalized spacial score (nSPS) is 11.2. The maximum atomic E-state index is 13.1. The predicted octanol–water partition coefficient (Wildman–Crippen LogP) is 6.83. The molecule has 0 spiro atoms. The van der Waals surface area contributed by atoms with Crippen molar-refractivity contribution < 1.29 is 4.79 Å². The van der Waals surface area contributed by atoms with E-state index in [4.69, 9.17) is 11.6 Å². The summed E-state index contributed by atoms with van der Waals surface area (Å²) in [6.07, 6.45) is 7.11. The molecule has 3 aromatic carbocycles. The highest BCUT2D eigenvalue weighted by atomic mass is 35.5. The van der Waals surface area contributed by atoms with Gasteiger partial charge in [0.1, 0.15) is 5.01 Å². The molecule has 5 nitrogen and oxygen atoms in total. The topological polar surface area (TPSA) is 67.8 Å². The molecule has 0 fully saturated rings. The second-order valence-corrected chi connectivity index (χ2v) is 8.68. The Morgan fingerprint density at radius 1 is 0.879 bits per heavy atom. The zero-order chi connectivity index (χ0) is 22.6. The molecule has 33 heavy (non-hydrogen) atoms. The van der Waals surface area contributed by atoms with Crippen molar-refractivity contribution in [2.24, 2.45) is 0 Å². The van der Waals surface area contributed by atoms with E-state index in [1.165, 1.54) is 11.3 Å². The van der Waals surface area contributed by atoms with Gasteiger partial charge >= 0.3 is 0 Å². The van der Waals surface area contributed by atoms with Crippen LogP contribution in [0, 0.1) is 0 Å². The van der Waals surface area contributed by atoms with Gasteiger partial charge in [-0.25, -0.2) is 0 Å². The highest BCUT2D eigenvalue weighted by Gasteiger charge is 2.16. The van der Waals surface area contributed by atoms with Crippen LogP contribution < -0.4 is 5.32 Å². The molecule has 0 unspecified atom stereocenters. The molecule has 0 bridgehead atoms. The number of pyridine rings is 1. The van der Waals surface area contributed by atoms with Gasteiger partial charge < -0.3 is 0 Å². The molecular formula is C26H17ClN4OS. The molecular weight excluding hydrogens is 452 g/mol. The summed E-state index contributed by atoms with van der Waals surface area (Å²) in [6, 6.07) is 23.3. The summed E-state index contributed by atoms with van der Waals surface area (Å²) in [5, 5.41) is 15.1. The summed E-state index contributed by atoms with van der Waals surface area (Å²) in [6.45, 7) is 0. The minimum absolute atomic E-state index is 0.260. The first-order valence-electron chi connectivity index (χ1n) is 10.2. The number of rotatable bonds is 5. The Morgan fingerprint density at radius 2 is 1.70 bits per heavy atom. The number of fused-ring (bicyclic) bond motifs is 1. The van der Waals surface area contributed by atoms with Crippen LogP contribution in [0.3, 0.4) is 0 Å². The van der Waals surface area contributed by atoms with Crippen LogP contribution in [0.2, 0.25) is 5.02 Å². The second kappa shape index (κ2) is 9.32. The molecule has 160 valence electrons. The van der Waals surface area contributed by atoms with Crippen LogP contribution in [0.25, 0.3) is 34.1 Å². The molecule has 5 rings (SSSR count). The van der Waals surface area contributed by atoms with Crippen molar-refractivity contribution in [1.29, 1.82) is 0 Å². The van der Waals surface area contributed by atoms with E-state index in [9.17, 15) is 4.79 Å². The number of benzene rings is 3. The van der Waals surface area contributed by atoms with Gasteiger partial charge in [0.25, 0.3) is 5.91 Å². The van der Waals surface area contributed by atoms with Gasteiger partial charge in [0.15, 0.2) is 0 Å². The van der Waals surface area contributed by atoms with Crippen LogP contribution in [-0.2, 0) is 0 Å². The molecule has 0 aliphatic rings. The average molecular weight is 469 g/mol. The van der Waals surface area contributed by atoms with E-state index in [-0.39, 0.29) is 5.91 Å². The van der Waals surface area contributed by atoms with E-state index in [2.05, 4.69) is 32.6 Å². The van der Waals surface area contributed by atoms with Crippen LogP contribution in [-0.4, -0.2) is 21.1 Å². The summed E-state index contributed by atoms with van der Waals surface area (Å²) in [5.74, 6) is -0.260. The first kappa shape index (κ1) is 21.0. The molecule has 0 saturated carbocycles. The van der Waals surface area contributed by atoms with Crippen molar-refractivity contribution in [3.05, 3.63) is 106 Å². The van der Waals surface area contributed by atoms with E-state index in [0.717, 1.165) is 27.5 Å². The van der Waals surface area contributed by atoms with Crippen LogP contribution in [0.5, 0.6) is 0 Å². The van der Waals surface area contributed by atoms with Crippen LogP contribution in [0.1, 0.15) is 20.9 Å². The summed E-state index contributed by atoms with van der Waals surface area (Å²) >= 11 is 7.22. The highest BCUT2D eigenvalue weighted by Crippen LogP contribution is 2.31. The Bertz CT molecular complexity index is 1470. The number of nitrogens with one attached hydrogen (secondary N) is 1. The quantitative estimate of drug-likeness (QED) is 0.307. The van der Waals surface area contributed by atoms with Crippen molar-refractivity contribution in [3.63, 3.8) is 0 Å².